The van der Waals surface area contributed by atoms with Crippen LogP contribution in [0.15, 0.2) is 34.9 Å². The summed E-state index contributed by atoms with van der Waals surface area (Å²) in [5.41, 5.74) is 7.22. The lowest BCUT2D eigenvalue weighted by molar-refractivity contribution is 0.0916. The van der Waals surface area contributed by atoms with E-state index in [-0.39, 0.29) is 11.9 Å². The highest BCUT2D eigenvalue weighted by Gasteiger charge is 2.25. The molecule has 4 nitrogen and oxygen atoms in total. The van der Waals surface area contributed by atoms with Crippen LogP contribution < -0.4 is 11.1 Å². The van der Waals surface area contributed by atoms with Gasteiger partial charge in [-0.25, -0.2) is 0 Å². The zero-order valence-electron chi connectivity index (χ0n) is 12.2. The smallest absolute Gasteiger partial charge is 0.255 e. The van der Waals surface area contributed by atoms with Crippen LogP contribution in [0.1, 0.15) is 42.5 Å². The zero-order valence-corrected chi connectivity index (χ0v) is 12.2. The topological polar surface area (TPSA) is 68.3 Å². The van der Waals surface area contributed by atoms with E-state index >= 15 is 0 Å². The second kappa shape index (κ2) is 6.31. The van der Waals surface area contributed by atoms with Crippen molar-refractivity contribution in [2.75, 3.05) is 6.54 Å². The molecular formula is C17H22N2O2. The van der Waals surface area contributed by atoms with Gasteiger partial charge in [0.2, 0.25) is 0 Å². The standard InChI is InChI=1S/C17H22N2O2/c18-10-15(12-6-2-1-3-7-12)19-17(20)14-11-21-16-9-5-4-8-13(14)16/h4-5,8-9,11-12,15H,1-3,6-7,10,18H2,(H,19,20). The molecule has 0 spiro atoms. The van der Waals surface area contributed by atoms with E-state index < -0.39 is 0 Å². The van der Waals surface area contributed by atoms with Gasteiger partial charge in [-0.1, -0.05) is 37.5 Å². The predicted octanol–water partition coefficient (Wildman–Crippen LogP) is 3.07. The van der Waals surface area contributed by atoms with Crippen molar-refractivity contribution in [3.8, 4) is 0 Å². The van der Waals surface area contributed by atoms with Crippen LogP contribution in [0.2, 0.25) is 0 Å². The highest BCUT2D eigenvalue weighted by atomic mass is 16.3. The second-order valence-electron chi connectivity index (χ2n) is 5.86. The van der Waals surface area contributed by atoms with E-state index in [0.717, 1.165) is 23.8 Å². The maximum Gasteiger partial charge on any atom is 0.255 e. The molecule has 1 aliphatic carbocycles. The first kappa shape index (κ1) is 14.1. The fraction of sp³-hybridized carbons (Fsp3) is 0.471. The first-order valence-electron chi connectivity index (χ1n) is 7.76. The maximum atomic E-state index is 12.5. The molecule has 1 unspecified atom stereocenters. The van der Waals surface area contributed by atoms with Gasteiger partial charge in [-0.05, 0) is 24.8 Å². The molecular weight excluding hydrogens is 264 g/mol. The average molecular weight is 286 g/mol. The summed E-state index contributed by atoms with van der Waals surface area (Å²) in [6.07, 6.45) is 7.64. The molecule has 1 saturated carbocycles. The van der Waals surface area contributed by atoms with Gasteiger partial charge in [-0.2, -0.15) is 0 Å². The van der Waals surface area contributed by atoms with Gasteiger partial charge >= 0.3 is 0 Å². The number of amides is 1. The van der Waals surface area contributed by atoms with Crippen molar-refractivity contribution in [3.05, 3.63) is 36.1 Å². The van der Waals surface area contributed by atoms with Crippen molar-refractivity contribution in [1.29, 1.82) is 0 Å². The zero-order chi connectivity index (χ0) is 14.7. The fourth-order valence-electron chi connectivity index (χ4n) is 3.31. The molecule has 1 amide bonds. The van der Waals surface area contributed by atoms with Gasteiger partial charge < -0.3 is 15.5 Å². The number of nitrogens with one attached hydrogen (secondary N) is 1. The molecule has 112 valence electrons. The predicted molar refractivity (Wildman–Crippen MR) is 83.1 cm³/mol. The van der Waals surface area contributed by atoms with E-state index in [9.17, 15) is 4.79 Å². The van der Waals surface area contributed by atoms with Crippen LogP contribution in [-0.2, 0) is 0 Å². The number of carbonyl (C=O) groups is 1. The Morgan fingerprint density at radius 1 is 1.29 bits per heavy atom. The number of para-hydroxylation sites is 1. The van der Waals surface area contributed by atoms with E-state index in [4.69, 9.17) is 10.2 Å². The molecule has 0 saturated heterocycles. The minimum atomic E-state index is -0.0824. The van der Waals surface area contributed by atoms with Gasteiger partial charge in [0.1, 0.15) is 11.8 Å². The van der Waals surface area contributed by atoms with Gasteiger partial charge in [0, 0.05) is 18.0 Å². The molecule has 1 atom stereocenters. The van der Waals surface area contributed by atoms with Crippen LogP contribution in [0.3, 0.4) is 0 Å². The molecule has 1 aromatic carbocycles. The number of benzene rings is 1. The molecule has 2 aromatic rings. The van der Waals surface area contributed by atoms with Gasteiger partial charge in [0.15, 0.2) is 0 Å². The van der Waals surface area contributed by atoms with E-state index in [1.165, 1.54) is 25.5 Å². The molecule has 4 heteroatoms. The third kappa shape index (κ3) is 2.95. The molecule has 3 N–H and O–H groups in total. The molecule has 0 aliphatic heterocycles. The largest absolute Gasteiger partial charge is 0.463 e. The lowest BCUT2D eigenvalue weighted by atomic mass is 9.84. The molecule has 1 aromatic heterocycles. The first-order chi connectivity index (χ1) is 10.3. The summed E-state index contributed by atoms with van der Waals surface area (Å²) in [4.78, 5) is 12.5. The number of carbonyl (C=O) groups excluding carboxylic acids is 1. The second-order valence-corrected chi connectivity index (χ2v) is 5.86. The van der Waals surface area contributed by atoms with Gasteiger partial charge in [-0.15, -0.1) is 0 Å². The third-order valence-electron chi connectivity index (χ3n) is 4.51. The molecule has 1 aliphatic rings. The Labute approximate surface area is 124 Å². The summed E-state index contributed by atoms with van der Waals surface area (Å²) >= 11 is 0. The van der Waals surface area contributed by atoms with Crippen molar-refractivity contribution < 1.29 is 9.21 Å². The molecule has 1 fully saturated rings. The molecule has 3 rings (SSSR count). The monoisotopic (exact) mass is 286 g/mol. The van der Waals surface area contributed by atoms with Gasteiger partial charge in [0.25, 0.3) is 5.91 Å². The summed E-state index contributed by atoms with van der Waals surface area (Å²) in [7, 11) is 0. The maximum absolute atomic E-state index is 12.5. The minimum absolute atomic E-state index is 0.0615. The van der Waals surface area contributed by atoms with E-state index in [1.54, 1.807) is 0 Å². The Balaban J connectivity index is 1.75. The number of hydrogen-bond acceptors (Lipinski definition) is 3. The van der Waals surface area contributed by atoms with Crippen LogP contribution in [0.5, 0.6) is 0 Å². The van der Waals surface area contributed by atoms with Crippen molar-refractivity contribution in [2.45, 2.75) is 38.1 Å². The summed E-state index contributed by atoms with van der Waals surface area (Å²) in [5, 5.41) is 3.96. The summed E-state index contributed by atoms with van der Waals surface area (Å²) in [6, 6.07) is 7.65. The Hall–Kier alpha value is -1.81. The SMILES string of the molecule is NCC(NC(=O)c1coc2ccccc12)C1CCCCC1. The number of hydrogen-bond donors (Lipinski definition) is 2. The Morgan fingerprint density at radius 3 is 2.81 bits per heavy atom. The van der Waals surface area contributed by atoms with Crippen molar-refractivity contribution in [1.82, 2.24) is 5.32 Å². The lowest BCUT2D eigenvalue weighted by Gasteiger charge is -2.30. The van der Waals surface area contributed by atoms with E-state index in [0.29, 0.717) is 18.0 Å². The van der Waals surface area contributed by atoms with Crippen LogP contribution >= 0.6 is 0 Å². The lowest BCUT2D eigenvalue weighted by Crippen LogP contribution is -2.45. The Bertz CT molecular complexity index is 614. The van der Waals surface area contributed by atoms with Crippen molar-refractivity contribution >= 4 is 16.9 Å². The number of nitrogens with two attached hydrogens (primary N) is 1. The fourth-order valence-corrected chi connectivity index (χ4v) is 3.31. The van der Waals surface area contributed by atoms with Crippen LogP contribution in [-0.4, -0.2) is 18.5 Å². The number of furan rings is 1. The average Bonchev–Trinajstić information content (AvgIpc) is 2.97. The van der Waals surface area contributed by atoms with Crippen LogP contribution in [0.25, 0.3) is 11.0 Å². The van der Waals surface area contributed by atoms with Gasteiger partial charge in [-0.3, -0.25) is 4.79 Å². The normalized spacial score (nSPS) is 17.8. The van der Waals surface area contributed by atoms with Crippen molar-refractivity contribution in [2.24, 2.45) is 11.7 Å². The first-order valence-corrected chi connectivity index (χ1v) is 7.76. The highest BCUT2D eigenvalue weighted by Crippen LogP contribution is 2.27. The van der Waals surface area contributed by atoms with E-state index in [1.807, 2.05) is 24.3 Å². The summed E-state index contributed by atoms with van der Waals surface area (Å²) < 4.78 is 5.44. The number of rotatable bonds is 4. The van der Waals surface area contributed by atoms with E-state index in [2.05, 4.69) is 5.32 Å². The Morgan fingerprint density at radius 2 is 2.05 bits per heavy atom. The van der Waals surface area contributed by atoms with Crippen molar-refractivity contribution in [3.63, 3.8) is 0 Å². The molecule has 1 heterocycles. The van der Waals surface area contributed by atoms with Crippen LogP contribution in [0, 0.1) is 5.92 Å². The van der Waals surface area contributed by atoms with Crippen LogP contribution in [0.4, 0.5) is 0 Å². The number of fused-ring (bicyclic) bond motifs is 1. The minimum Gasteiger partial charge on any atom is -0.463 e. The molecule has 21 heavy (non-hydrogen) atoms. The highest BCUT2D eigenvalue weighted by molar-refractivity contribution is 6.06. The molecule has 0 radical (unpaired) electrons. The third-order valence-corrected chi connectivity index (χ3v) is 4.51. The Kier molecular flexibility index (Phi) is 4.25. The quantitative estimate of drug-likeness (QED) is 0.907. The van der Waals surface area contributed by atoms with Gasteiger partial charge in [0.05, 0.1) is 5.56 Å². The molecule has 0 bridgehead atoms. The summed E-state index contributed by atoms with van der Waals surface area (Å²) in [6.45, 7) is 0.492. The summed E-state index contributed by atoms with van der Waals surface area (Å²) in [5.74, 6) is 0.423.